The Labute approximate surface area is 89.1 Å². The highest BCUT2D eigenvalue weighted by Crippen LogP contribution is 2.14. The van der Waals surface area contributed by atoms with Gasteiger partial charge in [-0.2, -0.15) is 0 Å². The summed E-state index contributed by atoms with van der Waals surface area (Å²) in [5, 5.41) is 3.55. The smallest absolute Gasteiger partial charge is 0.0798 e. The Morgan fingerprint density at radius 2 is 2.57 bits per heavy atom. The molecule has 76 valence electrons. The molecule has 1 unspecified atom stereocenters. The molecule has 0 fully saturated rings. The van der Waals surface area contributed by atoms with Crippen molar-refractivity contribution in [1.29, 1.82) is 0 Å². The fraction of sp³-hybridized carbons (Fsp3) is 0.545. The summed E-state index contributed by atoms with van der Waals surface area (Å²) in [6, 6.07) is 0.574. The van der Waals surface area contributed by atoms with E-state index in [4.69, 9.17) is 0 Å². The second kappa shape index (κ2) is 4.71. The third-order valence-corrected chi connectivity index (χ3v) is 3.56. The van der Waals surface area contributed by atoms with E-state index in [2.05, 4.69) is 29.4 Å². The van der Waals surface area contributed by atoms with Gasteiger partial charge in [0, 0.05) is 17.5 Å². The zero-order chi connectivity index (χ0) is 9.80. The van der Waals surface area contributed by atoms with E-state index < -0.39 is 0 Å². The van der Waals surface area contributed by atoms with Gasteiger partial charge in [-0.3, -0.25) is 0 Å². The summed E-state index contributed by atoms with van der Waals surface area (Å²) >= 11 is 1.74. The maximum atomic E-state index is 4.24. The Morgan fingerprint density at radius 1 is 1.64 bits per heavy atom. The largest absolute Gasteiger partial charge is 0.306 e. The molecule has 1 atom stereocenters. The number of allylic oxidation sites excluding steroid dienone is 1. The molecule has 0 spiro atoms. The summed E-state index contributed by atoms with van der Waals surface area (Å²) in [6.07, 6.45) is 8.41. The summed E-state index contributed by atoms with van der Waals surface area (Å²) in [5.74, 6) is 0. The van der Waals surface area contributed by atoms with Crippen molar-refractivity contribution in [3.8, 4) is 0 Å². The Bertz CT molecular complexity index is 317. The Kier molecular flexibility index (Phi) is 3.32. The van der Waals surface area contributed by atoms with Crippen LogP contribution in [0.1, 0.15) is 29.8 Å². The number of aryl methyl sites for hydroxylation is 1. The number of hydrogen-bond donors (Lipinski definition) is 1. The molecule has 1 aliphatic carbocycles. The lowest BCUT2D eigenvalue weighted by Gasteiger charge is -2.17. The molecule has 1 aromatic heterocycles. The van der Waals surface area contributed by atoms with Gasteiger partial charge in [0.2, 0.25) is 0 Å². The van der Waals surface area contributed by atoms with Crippen molar-refractivity contribution in [3.63, 3.8) is 0 Å². The third kappa shape index (κ3) is 2.42. The van der Waals surface area contributed by atoms with Crippen LogP contribution < -0.4 is 5.32 Å². The lowest BCUT2D eigenvalue weighted by molar-refractivity contribution is 0.524. The zero-order valence-electron chi connectivity index (χ0n) is 8.49. The van der Waals surface area contributed by atoms with Crippen molar-refractivity contribution in [1.82, 2.24) is 10.3 Å². The summed E-state index contributed by atoms with van der Waals surface area (Å²) in [5.41, 5.74) is 3.09. The minimum Gasteiger partial charge on any atom is -0.306 e. The first-order valence-corrected chi connectivity index (χ1v) is 6.03. The topological polar surface area (TPSA) is 24.9 Å². The van der Waals surface area contributed by atoms with E-state index in [0.29, 0.717) is 6.04 Å². The maximum absolute atomic E-state index is 4.24. The van der Waals surface area contributed by atoms with Gasteiger partial charge < -0.3 is 5.32 Å². The molecule has 1 heterocycles. The molecule has 2 rings (SSSR count). The summed E-state index contributed by atoms with van der Waals surface area (Å²) in [4.78, 5) is 5.61. The van der Waals surface area contributed by atoms with Gasteiger partial charge >= 0.3 is 0 Å². The molecule has 0 aliphatic heterocycles. The van der Waals surface area contributed by atoms with Crippen LogP contribution in [0.15, 0.2) is 17.7 Å². The minimum atomic E-state index is 0.574. The second-order valence-electron chi connectivity index (χ2n) is 3.71. The molecule has 3 heteroatoms. The number of thiazole rings is 1. The maximum Gasteiger partial charge on any atom is 0.0798 e. The molecule has 1 aliphatic rings. The first kappa shape index (κ1) is 9.87. The molecule has 1 N–H and O–H groups in total. The van der Waals surface area contributed by atoms with Gasteiger partial charge in [-0.05, 0) is 26.2 Å². The van der Waals surface area contributed by atoms with Crippen molar-refractivity contribution >= 4 is 11.3 Å². The predicted molar refractivity (Wildman–Crippen MR) is 60.5 cm³/mol. The quantitative estimate of drug-likeness (QED) is 0.772. The molecule has 0 saturated heterocycles. The molecule has 0 amide bonds. The number of hydrogen-bond acceptors (Lipinski definition) is 3. The van der Waals surface area contributed by atoms with E-state index in [0.717, 1.165) is 6.54 Å². The van der Waals surface area contributed by atoms with E-state index in [1.165, 1.54) is 29.8 Å². The molecule has 1 aromatic rings. The van der Waals surface area contributed by atoms with Gasteiger partial charge in [-0.1, -0.05) is 12.2 Å². The van der Waals surface area contributed by atoms with Crippen LogP contribution in [-0.2, 0) is 6.54 Å². The van der Waals surface area contributed by atoms with Crippen molar-refractivity contribution in [2.75, 3.05) is 0 Å². The van der Waals surface area contributed by atoms with Crippen molar-refractivity contribution in [2.24, 2.45) is 0 Å². The highest BCUT2D eigenvalue weighted by Gasteiger charge is 2.08. The second-order valence-corrected chi connectivity index (χ2v) is 4.65. The monoisotopic (exact) mass is 208 g/mol. The lowest BCUT2D eigenvalue weighted by atomic mass is 10.0. The number of rotatable bonds is 3. The van der Waals surface area contributed by atoms with E-state index in [1.54, 1.807) is 11.3 Å². The molecule has 0 aromatic carbocycles. The molecule has 2 nitrogen and oxygen atoms in total. The molecule has 0 radical (unpaired) electrons. The van der Waals surface area contributed by atoms with Gasteiger partial charge in [0.25, 0.3) is 0 Å². The van der Waals surface area contributed by atoms with Crippen LogP contribution in [0, 0.1) is 6.92 Å². The normalized spacial score (nSPS) is 21.4. The Hall–Kier alpha value is -0.670. The van der Waals surface area contributed by atoms with E-state index in [9.17, 15) is 0 Å². The highest BCUT2D eigenvalue weighted by atomic mass is 32.1. The van der Waals surface area contributed by atoms with Crippen LogP contribution in [0.5, 0.6) is 0 Å². The zero-order valence-corrected chi connectivity index (χ0v) is 9.31. The van der Waals surface area contributed by atoms with Gasteiger partial charge in [0.1, 0.15) is 0 Å². The van der Waals surface area contributed by atoms with Crippen molar-refractivity contribution in [2.45, 2.75) is 38.8 Å². The molecule has 0 bridgehead atoms. The van der Waals surface area contributed by atoms with Crippen LogP contribution in [0.2, 0.25) is 0 Å². The fourth-order valence-electron chi connectivity index (χ4n) is 1.70. The standard InChI is InChI=1S/C11H16N2S/c1-9-11(14-8-13-9)7-12-10-5-3-2-4-6-10/h3,5,8,10,12H,2,4,6-7H2,1H3. The first-order valence-electron chi connectivity index (χ1n) is 5.15. The van der Waals surface area contributed by atoms with E-state index in [-0.39, 0.29) is 0 Å². The lowest BCUT2D eigenvalue weighted by Crippen LogP contribution is -2.27. The van der Waals surface area contributed by atoms with Gasteiger partial charge in [-0.25, -0.2) is 4.98 Å². The van der Waals surface area contributed by atoms with Crippen LogP contribution in [0.4, 0.5) is 0 Å². The van der Waals surface area contributed by atoms with Gasteiger partial charge in [0.05, 0.1) is 11.2 Å². The predicted octanol–water partition coefficient (Wildman–Crippen LogP) is 2.65. The van der Waals surface area contributed by atoms with E-state index >= 15 is 0 Å². The van der Waals surface area contributed by atoms with Crippen LogP contribution >= 0.6 is 11.3 Å². The average Bonchev–Trinajstić information content (AvgIpc) is 2.63. The molecule has 0 saturated carbocycles. The summed E-state index contributed by atoms with van der Waals surface area (Å²) < 4.78 is 0. The highest BCUT2D eigenvalue weighted by molar-refractivity contribution is 7.09. The van der Waals surface area contributed by atoms with Crippen LogP contribution in [-0.4, -0.2) is 11.0 Å². The van der Waals surface area contributed by atoms with Gasteiger partial charge in [0.15, 0.2) is 0 Å². The minimum absolute atomic E-state index is 0.574. The van der Waals surface area contributed by atoms with Crippen molar-refractivity contribution in [3.05, 3.63) is 28.2 Å². The summed E-state index contributed by atoms with van der Waals surface area (Å²) in [7, 11) is 0. The Balaban J connectivity index is 1.85. The van der Waals surface area contributed by atoms with Crippen LogP contribution in [0.3, 0.4) is 0 Å². The third-order valence-electron chi connectivity index (χ3n) is 2.62. The molecule has 14 heavy (non-hydrogen) atoms. The van der Waals surface area contributed by atoms with Crippen molar-refractivity contribution < 1.29 is 0 Å². The van der Waals surface area contributed by atoms with E-state index in [1.807, 2.05) is 5.51 Å². The molecular formula is C11H16N2S. The number of aromatic nitrogens is 1. The van der Waals surface area contributed by atoms with Gasteiger partial charge in [-0.15, -0.1) is 11.3 Å². The number of nitrogens with zero attached hydrogens (tertiary/aromatic N) is 1. The fourth-order valence-corrected chi connectivity index (χ4v) is 2.43. The molecular weight excluding hydrogens is 192 g/mol. The first-order chi connectivity index (χ1) is 6.86. The van der Waals surface area contributed by atoms with Crippen LogP contribution in [0.25, 0.3) is 0 Å². The average molecular weight is 208 g/mol. The SMILES string of the molecule is Cc1ncsc1CNC1C=CCCC1. The number of nitrogens with one attached hydrogen (secondary N) is 1. The Morgan fingerprint density at radius 3 is 3.21 bits per heavy atom. The summed E-state index contributed by atoms with van der Waals surface area (Å²) in [6.45, 7) is 3.04.